The summed E-state index contributed by atoms with van der Waals surface area (Å²) >= 11 is 0. The second kappa shape index (κ2) is 8.11. The van der Waals surface area contributed by atoms with Gasteiger partial charge in [0.15, 0.2) is 0 Å². The third-order valence-corrected chi connectivity index (χ3v) is 7.67. The van der Waals surface area contributed by atoms with Gasteiger partial charge in [-0.3, -0.25) is 14.4 Å². The molecule has 1 spiro atoms. The van der Waals surface area contributed by atoms with E-state index in [1.165, 1.54) is 0 Å². The molecule has 8 heteroatoms. The first-order valence-electron chi connectivity index (χ1n) is 11.3. The van der Waals surface area contributed by atoms with Crippen LogP contribution in [0.15, 0.2) is 0 Å². The Morgan fingerprint density at radius 2 is 1.90 bits per heavy atom. The second-order valence-corrected chi connectivity index (χ2v) is 9.49. The minimum absolute atomic E-state index is 0.000636. The molecule has 3 aliphatic heterocycles. The van der Waals surface area contributed by atoms with Gasteiger partial charge in [-0.1, -0.05) is 27.2 Å². The molecule has 8 nitrogen and oxygen atoms in total. The van der Waals surface area contributed by atoms with Gasteiger partial charge in [-0.2, -0.15) is 0 Å². The molecule has 2 unspecified atom stereocenters. The lowest BCUT2D eigenvalue weighted by Crippen LogP contribution is -2.59. The lowest BCUT2D eigenvalue weighted by molar-refractivity contribution is -0.152. The highest BCUT2D eigenvalue weighted by molar-refractivity contribution is 5.99. The van der Waals surface area contributed by atoms with Crippen LogP contribution in [0.4, 0.5) is 0 Å². The van der Waals surface area contributed by atoms with Crippen LogP contribution in [0.5, 0.6) is 0 Å². The number of amides is 3. The standard InChI is InChI=1S/C22H37N3O5/c1-7-13(5)14(11-26)25-17(19(28)24-12(3)4)22-10-9-21(8-2,30-22)15(18(27)23-6)16(22)20(25)29/h12-17,26H,7-11H2,1-6H3,(H,23,27)(H,24,28)/t13-,14-,15+,16-,17?,21-,22?/m0/s1. The van der Waals surface area contributed by atoms with E-state index in [9.17, 15) is 19.5 Å². The molecule has 2 bridgehead atoms. The van der Waals surface area contributed by atoms with Crippen molar-refractivity contribution in [3.05, 3.63) is 0 Å². The minimum atomic E-state index is -1.04. The third kappa shape index (κ3) is 3.06. The summed E-state index contributed by atoms with van der Waals surface area (Å²) in [4.78, 5) is 41.8. The number of aliphatic hydroxyl groups excluding tert-OH is 1. The molecule has 7 atom stereocenters. The summed E-state index contributed by atoms with van der Waals surface area (Å²) in [6.45, 7) is 9.45. The molecule has 3 rings (SSSR count). The van der Waals surface area contributed by atoms with Crippen LogP contribution in [0, 0.1) is 17.8 Å². The van der Waals surface area contributed by atoms with Gasteiger partial charge in [-0.15, -0.1) is 0 Å². The van der Waals surface area contributed by atoms with Crippen LogP contribution in [0.1, 0.15) is 60.3 Å². The zero-order chi connectivity index (χ0) is 22.4. The van der Waals surface area contributed by atoms with Crippen molar-refractivity contribution in [1.82, 2.24) is 15.5 Å². The predicted molar refractivity (Wildman–Crippen MR) is 111 cm³/mol. The van der Waals surface area contributed by atoms with Gasteiger partial charge in [0.25, 0.3) is 0 Å². The first kappa shape index (κ1) is 23.0. The highest BCUT2D eigenvalue weighted by atomic mass is 16.5. The van der Waals surface area contributed by atoms with E-state index in [1.807, 2.05) is 34.6 Å². The maximum atomic E-state index is 13.9. The largest absolute Gasteiger partial charge is 0.394 e. The number of rotatable bonds is 8. The van der Waals surface area contributed by atoms with E-state index in [1.54, 1.807) is 11.9 Å². The van der Waals surface area contributed by atoms with Crippen molar-refractivity contribution >= 4 is 17.7 Å². The van der Waals surface area contributed by atoms with Gasteiger partial charge in [-0.25, -0.2) is 0 Å². The number of carbonyl (C=O) groups is 3. The molecule has 170 valence electrons. The third-order valence-electron chi connectivity index (χ3n) is 7.67. The maximum absolute atomic E-state index is 13.9. The summed E-state index contributed by atoms with van der Waals surface area (Å²) in [6, 6.07) is -1.46. The summed E-state index contributed by atoms with van der Waals surface area (Å²) in [5.41, 5.74) is -1.77. The van der Waals surface area contributed by atoms with Crippen molar-refractivity contribution in [2.24, 2.45) is 17.8 Å². The molecule has 3 N–H and O–H groups in total. The van der Waals surface area contributed by atoms with Crippen LogP contribution in [-0.4, -0.2) is 70.7 Å². The Morgan fingerprint density at radius 3 is 2.40 bits per heavy atom. The van der Waals surface area contributed by atoms with Crippen molar-refractivity contribution in [3.8, 4) is 0 Å². The molecule has 3 aliphatic rings. The quantitative estimate of drug-likeness (QED) is 0.536. The Balaban J connectivity index is 2.15. The van der Waals surface area contributed by atoms with Crippen LogP contribution >= 0.6 is 0 Å². The highest BCUT2D eigenvalue weighted by Crippen LogP contribution is 2.64. The molecular formula is C22H37N3O5. The van der Waals surface area contributed by atoms with Gasteiger partial charge >= 0.3 is 0 Å². The Kier molecular flexibility index (Phi) is 6.22. The summed E-state index contributed by atoms with van der Waals surface area (Å²) in [6.07, 6.45) is 2.54. The van der Waals surface area contributed by atoms with Gasteiger partial charge < -0.3 is 25.4 Å². The summed E-state index contributed by atoms with van der Waals surface area (Å²) < 4.78 is 6.61. The second-order valence-electron chi connectivity index (χ2n) is 9.49. The van der Waals surface area contributed by atoms with Gasteiger partial charge in [0.2, 0.25) is 17.7 Å². The van der Waals surface area contributed by atoms with Crippen molar-refractivity contribution < 1.29 is 24.2 Å². The fourth-order valence-corrected chi connectivity index (χ4v) is 6.04. The summed E-state index contributed by atoms with van der Waals surface area (Å²) in [7, 11) is 1.57. The average Bonchev–Trinajstić information content (AvgIpc) is 3.31. The van der Waals surface area contributed by atoms with E-state index in [-0.39, 0.29) is 36.3 Å². The molecule has 0 radical (unpaired) electrons. The molecule has 3 amide bonds. The van der Waals surface area contributed by atoms with Crippen LogP contribution < -0.4 is 10.6 Å². The van der Waals surface area contributed by atoms with Crippen LogP contribution in [-0.2, 0) is 19.1 Å². The number of fused-ring (bicyclic) bond motifs is 1. The van der Waals surface area contributed by atoms with Crippen molar-refractivity contribution in [2.75, 3.05) is 13.7 Å². The molecule has 30 heavy (non-hydrogen) atoms. The molecule has 0 saturated carbocycles. The molecule has 3 heterocycles. The van der Waals surface area contributed by atoms with E-state index in [4.69, 9.17) is 4.74 Å². The number of nitrogens with zero attached hydrogens (tertiary/aromatic N) is 1. The van der Waals surface area contributed by atoms with Crippen LogP contribution in [0.2, 0.25) is 0 Å². The van der Waals surface area contributed by atoms with E-state index in [0.717, 1.165) is 6.42 Å². The molecular weight excluding hydrogens is 386 g/mol. The molecule has 3 fully saturated rings. The molecule has 0 aromatic heterocycles. The van der Waals surface area contributed by atoms with Crippen molar-refractivity contribution in [3.63, 3.8) is 0 Å². The summed E-state index contributed by atoms with van der Waals surface area (Å²) in [5, 5.41) is 15.9. The Morgan fingerprint density at radius 1 is 1.23 bits per heavy atom. The molecule has 0 aromatic carbocycles. The van der Waals surface area contributed by atoms with E-state index < -0.39 is 35.1 Å². The number of likely N-dealkylation sites (tertiary alicyclic amines) is 1. The molecule has 0 aliphatic carbocycles. The van der Waals surface area contributed by atoms with Crippen molar-refractivity contribution in [1.29, 1.82) is 0 Å². The van der Waals surface area contributed by atoms with Crippen LogP contribution in [0.3, 0.4) is 0 Å². The van der Waals surface area contributed by atoms with E-state index in [0.29, 0.717) is 19.3 Å². The number of nitrogens with one attached hydrogen (secondary N) is 2. The Bertz CT molecular complexity index is 713. The van der Waals surface area contributed by atoms with Gasteiger partial charge in [-0.05, 0) is 39.0 Å². The fourth-order valence-electron chi connectivity index (χ4n) is 6.04. The number of ether oxygens (including phenoxy) is 1. The zero-order valence-electron chi connectivity index (χ0n) is 19.0. The lowest BCUT2D eigenvalue weighted by atomic mass is 9.65. The minimum Gasteiger partial charge on any atom is -0.394 e. The number of hydrogen-bond donors (Lipinski definition) is 3. The average molecular weight is 424 g/mol. The molecule has 0 aromatic rings. The van der Waals surface area contributed by atoms with Gasteiger partial charge in [0, 0.05) is 13.1 Å². The lowest BCUT2D eigenvalue weighted by Gasteiger charge is -2.39. The predicted octanol–water partition coefficient (Wildman–Crippen LogP) is 0.819. The normalized spacial score (nSPS) is 36.7. The van der Waals surface area contributed by atoms with Crippen LogP contribution in [0.25, 0.3) is 0 Å². The fraction of sp³-hybridized carbons (Fsp3) is 0.864. The van der Waals surface area contributed by atoms with E-state index >= 15 is 0 Å². The van der Waals surface area contributed by atoms with Gasteiger partial charge in [0.05, 0.1) is 30.1 Å². The topological polar surface area (TPSA) is 108 Å². The summed E-state index contributed by atoms with van der Waals surface area (Å²) in [5.74, 6) is -2.09. The Labute approximate surface area is 179 Å². The number of hydrogen-bond acceptors (Lipinski definition) is 5. The SMILES string of the molecule is CC[C@H](C)[C@H](CO)N1C(=O)[C@@H]2[C@H](C(=O)NC)[C@]3(CC)CCC2(O3)C1C(=O)NC(C)C. The molecule has 3 saturated heterocycles. The number of carbonyl (C=O) groups excluding carboxylic acids is 3. The van der Waals surface area contributed by atoms with Crippen molar-refractivity contribution in [2.45, 2.75) is 89.6 Å². The first-order valence-corrected chi connectivity index (χ1v) is 11.3. The van der Waals surface area contributed by atoms with Gasteiger partial charge in [0.1, 0.15) is 11.6 Å². The number of aliphatic hydroxyl groups is 1. The first-order chi connectivity index (χ1) is 14.1. The maximum Gasteiger partial charge on any atom is 0.246 e. The Hall–Kier alpha value is -1.67. The van der Waals surface area contributed by atoms with E-state index in [2.05, 4.69) is 10.6 Å². The smallest absolute Gasteiger partial charge is 0.246 e. The highest BCUT2D eigenvalue weighted by Gasteiger charge is 2.79. The monoisotopic (exact) mass is 423 g/mol. The zero-order valence-corrected chi connectivity index (χ0v) is 19.0.